The van der Waals surface area contributed by atoms with E-state index in [2.05, 4.69) is 16.9 Å². The van der Waals surface area contributed by atoms with Gasteiger partial charge in [-0.25, -0.2) is 4.98 Å². The van der Waals surface area contributed by atoms with Crippen LogP contribution in [0, 0.1) is 0 Å². The smallest absolute Gasteiger partial charge is 0.128 e. The highest BCUT2D eigenvalue weighted by molar-refractivity contribution is 5.41. The summed E-state index contributed by atoms with van der Waals surface area (Å²) < 4.78 is 0. The summed E-state index contributed by atoms with van der Waals surface area (Å²) in [7, 11) is 2.13. The van der Waals surface area contributed by atoms with Gasteiger partial charge in [0.1, 0.15) is 5.82 Å². The lowest BCUT2D eigenvalue weighted by Crippen LogP contribution is -2.31. The van der Waals surface area contributed by atoms with Crippen molar-refractivity contribution >= 4 is 5.82 Å². The van der Waals surface area contributed by atoms with E-state index in [0.717, 1.165) is 11.4 Å². The zero-order valence-electron chi connectivity index (χ0n) is 11.5. The van der Waals surface area contributed by atoms with Gasteiger partial charge in [0, 0.05) is 19.3 Å². The van der Waals surface area contributed by atoms with E-state index >= 15 is 0 Å². The van der Waals surface area contributed by atoms with E-state index in [1.165, 1.54) is 38.5 Å². The van der Waals surface area contributed by atoms with Crippen LogP contribution in [0.15, 0.2) is 18.3 Å². The molecule has 0 bridgehead atoms. The minimum Gasteiger partial charge on any atom is -0.389 e. The summed E-state index contributed by atoms with van der Waals surface area (Å²) in [4.78, 5) is 6.73. The van der Waals surface area contributed by atoms with Crippen molar-refractivity contribution in [3.8, 4) is 0 Å². The Kier molecular flexibility index (Phi) is 4.59. The molecule has 1 N–H and O–H groups in total. The Morgan fingerprint density at radius 2 is 1.94 bits per heavy atom. The van der Waals surface area contributed by atoms with Gasteiger partial charge in [-0.05, 0) is 37.5 Å². The van der Waals surface area contributed by atoms with Crippen molar-refractivity contribution in [3.05, 3.63) is 23.9 Å². The summed E-state index contributed by atoms with van der Waals surface area (Å²) in [6.07, 6.45) is 9.28. The number of aliphatic hydroxyl groups is 1. The number of aliphatic hydroxyl groups excluding tert-OH is 1. The lowest BCUT2D eigenvalue weighted by Gasteiger charge is -2.28. The second-order valence-corrected chi connectivity index (χ2v) is 5.38. The Balaban J connectivity index is 2.11. The Labute approximate surface area is 110 Å². The normalized spacial score (nSPS) is 19.3. The molecule has 1 heterocycles. The summed E-state index contributed by atoms with van der Waals surface area (Å²) >= 11 is 0. The predicted molar refractivity (Wildman–Crippen MR) is 74.8 cm³/mol. The van der Waals surface area contributed by atoms with Gasteiger partial charge < -0.3 is 10.0 Å². The van der Waals surface area contributed by atoms with E-state index in [0.29, 0.717) is 6.04 Å². The molecule has 0 radical (unpaired) electrons. The number of nitrogens with zero attached hydrogens (tertiary/aromatic N) is 2. The Morgan fingerprint density at radius 1 is 1.28 bits per heavy atom. The zero-order chi connectivity index (χ0) is 13.0. The maximum Gasteiger partial charge on any atom is 0.128 e. The van der Waals surface area contributed by atoms with Crippen molar-refractivity contribution in [1.82, 2.24) is 4.98 Å². The third kappa shape index (κ3) is 3.22. The molecule has 1 aromatic rings. The first-order valence-corrected chi connectivity index (χ1v) is 7.05. The molecular formula is C15H24N2O. The molecule has 100 valence electrons. The van der Waals surface area contributed by atoms with Crippen molar-refractivity contribution < 1.29 is 5.11 Å². The number of hydrogen-bond donors (Lipinski definition) is 1. The van der Waals surface area contributed by atoms with Crippen LogP contribution >= 0.6 is 0 Å². The van der Waals surface area contributed by atoms with E-state index in [1.54, 1.807) is 13.1 Å². The fraction of sp³-hybridized carbons (Fsp3) is 0.667. The third-order valence-electron chi connectivity index (χ3n) is 3.99. The molecule has 1 saturated carbocycles. The van der Waals surface area contributed by atoms with Gasteiger partial charge in [0.25, 0.3) is 0 Å². The number of anilines is 1. The lowest BCUT2D eigenvalue weighted by molar-refractivity contribution is 0.199. The molecule has 0 saturated heterocycles. The van der Waals surface area contributed by atoms with Gasteiger partial charge >= 0.3 is 0 Å². The maximum atomic E-state index is 9.64. The third-order valence-corrected chi connectivity index (χ3v) is 3.99. The number of pyridine rings is 1. The molecule has 3 nitrogen and oxygen atoms in total. The number of rotatable bonds is 3. The molecule has 0 spiro atoms. The molecule has 1 aliphatic carbocycles. The minimum atomic E-state index is -0.422. The van der Waals surface area contributed by atoms with Crippen molar-refractivity contribution in [1.29, 1.82) is 0 Å². The largest absolute Gasteiger partial charge is 0.389 e. The van der Waals surface area contributed by atoms with E-state index < -0.39 is 6.10 Å². The van der Waals surface area contributed by atoms with Crippen LogP contribution in [0.25, 0.3) is 0 Å². The van der Waals surface area contributed by atoms with Gasteiger partial charge in [0.15, 0.2) is 0 Å². The van der Waals surface area contributed by atoms with Gasteiger partial charge in [-0.1, -0.05) is 25.7 Å². The highest BCUT2D eigenvalue weighted by Gasteiger charge is 2.18. The summed E-state index contributed by atoms with van der Waals surface area (Å²) in [5.41, 5.74) is 0.945. The lowest BCUT2D eigenvalue weighted by atomic mass is 10.1. The van der Waals surface area contributed by atoms with Crippen LogP contribution < -0.4 is 4.90 Å². The zero-order valence-corrected chi connectivity index (χ0v) is 11.5. The van der Waals surface area contributed by atoms with Crippen LogP contribution in [0.1, 0.15) is 57.1 Å². The second-order valence-electron chi connectivity index (χ2n) is 5.38. The molecule has 1 aromatic heterocycles. The SMILES string of the molecule is C[C@H](O)c1ccnc(N(C)C2CCCCCC2)c1. The van der Waals surface area contributed by atoms with Crippen LogP contribution in [0.3, 0.4) is 0 Å². The molecule has 1 fully saturated rings. The average molecular weight is 248 g/mol. The van der Waals surface area contributed by atoms with Crippen molar-refractivity contribution in [2.24, 2.45) is 0 Å². The number of aromatic nitrogens is 1. The van der Waals surface area contributed by atoms with Crippen LogP contribution in [0.5, 0.6) is 0 Å². The van der Waals surface area contributed by atoms with Crippen molar-refractivity contribution in [3.63, 3.8) is 0 Å². The molecule has 3 heteroatoms. The Hall–Kier alpha value is -1.09. The molecular weight excluding hydrogens is 224 g/mol. The summed E-state index contributed by atoms with van der Waals surface area (Å²) in [5.74, 6) is 0.986. The second kappa shape index (κ2) is 6.19. The van der Waals surface area contributed by atoms with E-state index in [1.807, 2.05) is 12.1 Å². The number of hydrogen-bond acceptors (Lipinski definition) is 3. The van der Waals surface area contributed by atoms with Gasteiger partial charge in [-0.15, -0.1) is 0 Å². The first-order valence-electron chi connectivity index (χ1n) is 7.05. The standard InChI is InChI=1S/C15H24N2O/c1-12(18)13-9-10-16-15(11-13)17(2)14-7-5-3-4-6-8-14/h9-12,14,18H,3-8H2,1-2H3/t12-/m0/s1. The minimum absolute atomic E-state index is 0.422. The monoisotopic (exact) mass is 248 g/mol. The quantitative estimate of drug-likeness (QED) is 0.834. The van der Waals surface area contributed by atoms with Crippen molar-refractivity contribution in [2.45, 2.75) is 57.6 Å². The molecule has 2 rings (SSSR count). The fourth-order valence-corrected chi connectivity index (χ4v) is 2.72. The highest BCUT2D eigenvalue weighted by Crippen LogP contribution is 2.25. The molecule has 18 heavy (non-hydrogen) atoms. The first-order chi connectivity index (χ1) is 8.68. The molecule has 1 aliphatic rings. The van der Waals surface area contributed by atoms with Gasteiger partial charge in [0.2, 0.25) is 0 Å². The molecule has 0 aliphatic heterocycles. The topological polar surface area (TPSA) is 36.4 Å². The van der Waals surface area contributed by atoms with E-state index in [4.69, 9.17) is 0 Å². The Bertz CT molecular complexity index is 371. The van der Waals surface area contributed by atoms with Crippen LogP contribution in [0.4, 0.5) is 5.82 Å². The summed E-state index contributed by atoms with van der Waals surface area (Å²) in [5, 5.41) is 9.64. The summed E-state index contributed by atoms with van der Waals surface area (Å²) in [6.45, 7) is 1.80. The fourth-order valence-electron chi connectivity index (χ4n) is 2.72. The Morgan fingerprint density at radius 3 is 2.56 bits per heavy atom. The highest BCUT2D eigenvalue weighted by atomic mass is 16.3. The predicted octanol–water partition coefficient (Wildman–Crippen LogP) is 3.29. The first kappa shape index (κ1) is 13.3. The van der Waals surface area contributed by atoms with E-state index in [9.17, 15) is 5.11 Å². The summed E-state index contributed by atoms with van der Waals surface area (Å²) in [6, 6.07) is 4.49. The van der Waals surface area contributed by atoms with Gasteiger partial charge in [0.05, 0.1) is 6.10 Å². The van der Waals surface area contributed by atoms with Crippen LogP contribution in [-0.2, 0) is 0 Å². The molecule has 0 aromatic carbocycles. The molecule has 0 unspecified atom stereocenters. The maximum absolute atomic E-state index is 9.64. The van der Waals surface area contributed by atoms with Crippen molar-refractivity contribution in [2.75, 3.05) is 11.9 Å². The van der Waals surface area contributed by atoms with Crippen LogP contribution in [-0.4, -0.2) is 23.2 Å². The molecule has 0 amide bonds. The van der Waals surface area contributed by atoms with Crippen LogP contribution in [0.2, 0.25) is 0 Å². The average Bonchev–Trinajstić information content (AvgIpc) is 2.67. The van der Waals surface area contributed by atoms with Gasteiger partial charge in [-0.2, -0.15) is 0 Å². The van der Waals surface area contributed by atoms with E-state index in [-0.39, 0.29) is 0 Å². The molecule has 1 atom stereocenters. The van der Waals surface area contributed by atoms with Gasteiger partial charge in [-0.3, -0.25) is 0 Å².